The first-order valence-corrected chi connectivity index (χ1v) is 8.83. The molecule has 0 amide bonds. The molecule has 20 heavy (non-hydrogen) atoms. The Bertz CT molecular complexity index is 551. The molecular formula is C15H24N2O2S. The fourth-order valence-corrected chi connectivity index (χ4v) is 3.28. The van der Waals surface area contributed by atoms with Crippen molar-refractivity contribution in [1.29, 1.82) is 0 Å². The molecule has 0 N–H and O–H groups in total. The van der Waals surface area contributed by atoms with Crippen molar-refractivity contribution in [2.75, 3.05) is 37.3 Å². The van der Waals surface area contributed by atoms with Gasteiger partial charge in [-0.25, -0.2) is 8.42 Å². The lowest BCUT2D eigenvalue weighted by Crippen LogP contribution is -2.48. The summed E-state index contributed by atoms with van der Waals surface area (Å²) < 4.78 is 24.5. The number of anilines is 1. The van der Waals surface area contributed by atoms with E-state index in [0.29, 0.717) is 13.1 Å². The summed E-state index contributed by atoms with van der Waals surface area (Å²) in [5.41, 5.74) is 2.65. The van der Waals surface area contributed by atoms with Crippen molar-refractivity contribution < 1.29 is 8.42 Å². The van der Waals surface area contributed by atoms with E-state index in [1.165, 1.54) is 17.5 Å². The van der Waals surface area contributed by atoms with E-state index in [4.69, 9.17) is 0 Å². The summed E-state index contributed by atoms with van der Waals surface area (Å²) in [5, 5.41) is 0. The minimum absolute atomic E-state index is 0.160. The van der Waals surface area contributed by atoms with E-state index in [1.54, 1.807) is 4.31 Å². The predicted molar refractivity (Wildman–Crippen MR) is 83.8 cm³/mol. The number of sulfonamides is 1. The van der Waals surface area contributed by atoms with Crippen LogP contribution in [0.2, 0.25) is 0 Å². The average Bonchev–Trinajstić information content (AvgIpc) is 2.37. The van der Waals surface area contributed by atoms with Crippen molar-refractivity contribution in [3.63, 3.8) is 0 Å². The molecule has 4 nitrogen and oxygen atoms in total. The van der Waals surface area contributed by atoms with Gasteiger partial charge in [-0.2, -0.15) is 4.31 Å². The third-order valence-electron chi connectivity index (χ3n) is 3.81. The SMILES string of the molecule is CC(C)(C)c1ccc(N2CCN(S(C)(=O)=O)CC2)cc1. The van der Waals surface area contributed by atoms with Crippen LogP contribution in [0.1, 0.15) is 26.3 Å². The maximum absolute atomic E-state index is 11.5. The third kappa shape index (κ3) is 3.52. The summed E-state index contributed by atoms with van der Waals surface area (Å²) in [6.45, 7) is 9.25. The summed E-state index contributed by atoms with van der Waals surface area (Å²) in [6, 6.07) is 8.60. The van der Waals surface area contributed by atoms with Gasteiger partial charge in [0.05, 0.1) is 6.26 Å². The number of nitrogens with zero attached hydrogens (tertiary/aromatic N) is 2. The van der Waals surface area contributed by atoms with Gasteiger partial charge in [-0.1, -0.05) is 32.9 Å². The Kier molecular flexibility index (Phi) is 4.12. The molecule has 0 saturated carbocycles. The molecule has 1 fully saturated rings. The molecule has 1 aromatic carbocycles. The minimum atomic E-state index is -3.05. The topological polar surface area (TPSA) is 40.6 Å². The largest absolute Gasteiger partial charge is 0.369 e. The van der Waals surface area contributed by atoms with Crippen LogP contribution >= 0.6 is 0 Å². The van der Waals surface area contributed by atoms with Gasteiger partial charge in [0.1, 0.15) is 0 Å². The van der Waals surface area contributed by atoms with E-state index >= 15 is 0 Å². The van der Waals surface area contributed by atoms with Crippen LogP contribution in [0.25, 0.3) is 0 Å². The summed E-state index contributed by atoms with van der Waals surface area (Å²) >= 11 is 0. The minimum Gasteiger partial charge on any atom is -0.369 e. The molecule has 1 aromatic rings. The number of hydrogen-bond donors (Lipinski definition) is 0. The van der Waals surface area contributed by atoms with Gasteiger partial charge >= 0.3 is 0 Å². The van der Waals surface area contributed by atoms with Crippen LogP contribution < -0.4 is 4.90 Å². The Morgan fingerprint density at radius 3 is 1.85 bits per heavy atom. The van der Waals surface area contributed by atoms with E-state index in [-0.39, 0.29) is 5.41 Å². The Labute approximate surface area is 122 Å². The summed E-state index contributed by atoms with van der Waals surface area (Å²) in [4.78, 5) is 2.24. The molecule has 0 aliphatic carbocycles. The Hall–Kier alpha value is -1.07. The molecule has 2 rings (SSSR count). The van der Waals surface area contributed by atoms with Gasteiger partial charge < -0.3 is 4.90 Å². The molecule has 0 aromatic heterocycles. The van der Waals surface area contributed by atoms with E-state index in [2.05, 4.69) is 49.9 Å². The van der Waals surface area contributed by atoms with Gasteiger partial charge in [-0.3, -0.25) is 0 Å². The second-order valence-corrected chi connectivity index (χ2v) is 8.43. The zero-order valence-corrected chi connectivity index (χ0v) is 13.6. The van der Waals surface area contributed by atoms with Crippen LogP contribution in [-0.4, -0.2) is 45.2 Å². The lowest BCUT2D eigenvalue weighted by Gasteiger charge is -2.35. The van der Waals surface area contributed by atoms with Gasteiger partial charge in [0.15, 0.2) is 0 Å². The molecule has 0 spiro atoms. The van der Waals surface area contributed by atoms with Gasteiger partial charge in [0, 0.05) is 31.9 Å². The highest BCUT2D eigenvalue weighted by Crippen LogP contribution is 2.25. The molecule has 0 unspecified atom stereocenters. The van der Waals surface area contributed by atoms with E-state index in [9.17, 15) is 8.42 Å². The smallest absolute Gasteiger partial charge is 0.211 e. The summed E-state index contributed by atoms with van der Waals surface area (Å²) in [6.07, 6.45) is 1.28. The Morgan fingerprint density at radius 1 is 0.950 bits per heavy atom. The van der Waals surface area contributed by atoms with Crippen molar-refractivity contribution in [2.45, 2.75) is 26.2 Å². The number of benzene rings is 1. The van der Waals surface area contributed by atoms with Crippen molar-refractivity contribution in [3.8, 4) is 0 Å². The van der Waals surface area contributed by atoms with Crippen molar-refractivity contribution in [3.05, 3.63) is 29.8 Å². The fraction of sp³-hybridized carbons (Fsp3) is 0.600. The van der Waals surface area contributed by atoms with Crippen LogP contribution in [0.3, 0.4) is 0 Å². The van der Waals surface area contributed by atoms with Gasteiger partial charge in [0.25, 0.3) is 0 Å². The number of piperazine rings is 1. The molecule has 0 bridgehead atoms. The molecular weight excluding hydrogens is 272 g/mol. The quantitative estimate of drug-likeness (QED) is 0.839. The van der Waals surface area contributed by atoms with Crippen molar-refractivity contribution in [2.24, 2.45) is 0 Å². The molecule has 0 atom stereocenters. The van der Waals surface area contributed by atoms with Crippen LogP contribution in [0, 0.1) is 0 Å². The van der Waals surface area contributed by atoms with Crippen LogP contribution in [0.5, 0.6) is 0 Å². The first-order chi connectivity index (χ1) is 9.18. The second kappa shape index (κ2) is 5.37. The maximum atomic E-state index is 11.5. The monoisotopic (exact) mass is 296 g/mol. The van der Waals surface area contributed by atoms with Crippen molar-refractivity contribution >= 4 is 15.7 Å². The Balaban J connectivity index is 2.04. The van der Waals surface area contributed by atoms with Gasteiger partial charge in [-0.15, -0.1) is 0 Å². The lowest BCUT2D eigenvalue weighted by atomic mass is 9.87. The van der Waals surface area contributed by atoms with Crippen molar-refractivity contribution in [1.82, 2.24) is 4.31 Å². The highest BCUT2D eigenvalue weighted by atomic mass is 32.2. The molecule has 112 valence electrons. The molecule has 1 aliphatic rings. The normalized spacial score (nSPS) is 18.3. The molecule has 5 heteroatoms. The molecule has 1 saturated heterocycles. The van der Waals surface area contributed by atoms with Gasteiger partial charge in [0.2, 0.25) is 10.0 Å². The maximum Gasteiger partial charge on any atom is 0.211 e. The molecule has 1 heterocycles. The predicted octanol–water partition coefficient (Wildman–Crippen LogP) is 2.07. The van der Waals surface area contributed by atoms with Crippen LogP contribution in [-0.2, 0) is 15.4 Å². The van der Waals surface area contributed by atoms with E-state index < -0.39 is 10.0 Å². The third-order valence-corrected chi connectivity index (χ3v) is 5.11. The highest BCUT2D eigenvalue weighted by molar-refractivity contribution is 7.88. The summed E-state index contributed by atoms with van der Waals surface area (Å²) in [5.74, 6) is 0. The lowest BCUT2D eigenvalue weighted by molar-refractivity contribution is 0.388. The number of hydrogen-bond acceptors (Lipinski definition) is 3. The van der Waals surface area contributed by atoms with Gasteiger partial charge in [-0.05, 0) is 23.1 Å². The van der Waals surface area contributed by atoms with E-state index in [0.717, 1.165) is 13.1 Å². The highest BCUT2D eigenvalue weighted by Gasteiger charge is 2.23. The standard InChI is InChI=1S/C15H24N2O2S/c1-15(2,3)13-5-7-14(8-6-13)16-9-11-17(12-10-16)20(4,18)19/h5-8H,9-12H2,1-4H3. The van der Waals surface area contributed by atoms with Crippen LogP contribution in [0.15, 0.2) is 24.3 Å². The molecule has 0 radical (unpaired) electrons. The first-order valence-electron chi connectivity index (χ1n) is 6.98. The van der Waals surface area contributed by atoms with Crippen LogP contribution in [0.4, 0.5) is 5.69 Å². The summed E-state index contributed by atoms with van der Waals surface area (Å²) in [7, 11) is -3.05. The second-order valence-electron chi connectivity index (χ2n) is 6.45. The fourth-order valence-electron chi connectivity index (χ4n) is 2.45. The Morgan fingerprint density at radius 2 is 1.45 bits per heavy atom. The van der Waals surface area contributed by atoms with E-state index in [1.807, 2.05) is 0 Å². The zero-order valence-electron chi connectivity index (χ0n) is 12.8. The molecule has 1 aliphatic heterocycles. The average molecular weight is 296 g/mol. The first kappa shape index (κ1) is 15.3. The number of rotatable bonds is 2. The zero-order chi connectivity index (χ0) is 15.0.